The second kappa shape index (κ2) is 8.66. The van der Waals surface area contributed by atoms with E-state index in [-0.39, 0.29) is 28.9 Å². The normalized spacial score (nSPS) is 19.5. The molecule has 2 heterocycles. The number of hydrogen-bond acceptors (Lipinski definition) is 8. The van der Waals surface area contributed by atoms with Gasteiger partial charge in [0.1, 0.15) is 6.34 Å². The van der Waals surface area contributed by atoms with Gasteiger partial charge in [0.25, 0.3) is 0 Å². The van der Waals surface area contributed by atoms with Gasteiger partial charge in [0.15, 0.2) is 11.6 Å². The van der Waals surface area contributed by atoms with Gasteiger partial charge >= 0.3 is 0 Å². The highest BCUT2D eigenvalue weighted by Gasteiger charge is 2.38. The number of piperidine rings is 1. The number of nitrogens with one attached hydrogen (secondary N) is 5. The van der Waals surface area contributed by atoms with E-state index in [1.165, 1.54) is 5.01 Å². The van der Waals surface area contributed by atoms with Crippen LogP contribution in [0.1, 0.15) is 64.9 Å². The minimum Gasteiger partial charge on any atom is -0.365 e. The van der Waals surface area contributed by atoms with Gasteiger partial charge in [0.05, 0.1) is 11.9 Å². The van der Waals surface area contributed by atoms with Crippen LogP contribution < -0.4 is 21.0 Å². The molecule has 1 aromatic carbocycles. The number of aromatic nitrogens is 2. The fourth-order valence-corrected chi connectivity index (χ4v) is 4.99. The lowest BCUT2D eigenvalue weighted by atomic mass is 9.79. The molecule has 0 amide bonds. The van der Waals surface area contributed by atoms with E-state index in [1.54, 1.807) is 0 Å². The molecule has 4 rings (SSSR count). The maximum absolute atomic E-state index is 14.6. The number of rotatable bonds is 8. The Morgan fingerprint density at radius 1 is 1.21 bits per heavy atom. The molecule has 10 heteroatoms. The van der Waals surface area contributed by atoms with Gasteiger partial charge < -0.3 is 16.0 Å². The van der Waals surface area contributed by atoms with E-state index < -0.39 is 5.82 Å². The minimum atomic E-state index is -0.498. The fourth-order valence-electron chi connectivity index (χ4n) is 4.99. The summed E-state index contributed by atoms with van der Waals surface area (Å²) in [6, 6.07) is 5.76. The highest BCUT2D eigenvalue weighted by atomic mass is 19.1. The third-order valence-electron chi connectivity index (χ3n) is 6.06. The molecular weight excluding hydrogens is 421 g/mol. The average Bonchev–Trinajstić information content (AvgIpc) is 3.54. The molecule has 5 N–H and O–H groups in total. The van der Waals surface area contributed by atoms with Crippen LogP contribution in [-0.4, -0.2) is 33.4 Å². The maximum atomic E-state index is 14.6. The first-order valence-corrected chi connectivity index (χ1v) is 11.3. The van der Waals surface area contributed by atoms with Crippen molar-refractivity contribution in [1.82, 2.24) is 15.3 Å². The lowest BCUT2D eigenvalue weighted by Crippen LogP contribution is -2.60. The Bertz CT molecular complexity index is 1020. The smallest absolute Gasteiger partial charge is 0.229 e. The molecule has 0 bridgehead atoms. The zero-order valence-electron chi connectivity index (χ0n) is 19.5. The maximum Gasteiger partial charge on any atom is 0.229 e. The van der Waals surface area contributed by atoms with Gasteiger partial charge in [0, 0.05) is 22.8 Å². The van der Waals surface area contributed by atoms with Crippen LogP contribution in [0.2, 0.25) is 0 Å². The molecule has 2 aliphatic rings. The van der Waals surface area contributed by atoms with E-state index in [2.05, 4.69) is 58.8 Å². The monoisotopic (exact) mass is 453 g/mol. The van der Waals surface area contributed by atoms with Crippen LogP contribution >= 0.6 is 0 Å². The van der Waals surface area contributed by atoms with Crippen molar-refractivity contribution in [1.29, 1.82) is 10.9 Å². The number of benzene rings is 1. The van der Waals surface area contributed by atoms with Gasteiger partial charge in [-0.05, 0) is 77.0 Å². The molecule has 1 aliphatic heterocycles. The molecule has 2 aromatic rings. The Balaban J connectivity index is 1.55. The fraction of sp³-hybridized carbons (Fsp3) is 0.522. The zero-order chi connectivity index (χ0) is 23.8. The molecule has 176 valence electrons. The summed E-state index contributed by atoms with van der Waals surface area (Å²) < 4.78 is 14.6. The van der Waals surface area contributed by atoms with E-state index in [9.17, 15) is 4.39 Å². The molecule has 33 heavy (non-hydrogen) atoms. The van der Waals surface area contributed by atoms with Gasteiger partial charge in [0.2, 0.25) is 5.95 Å². The van der Waals surface area contributed by atoms with Gasteiger partial charge in [-0.15, -0.1) is 0 Å². The van der Waals surface area contributed by atoms with Crippen LogP contribution in [0, 0.1) is 16.8 Å². The molecule has 0 spiro atoms. The predicted octanol–water partition coefficient (Wildman–Crippen LogP) is 5.32. The molecule has 1 saturated heterocycles. The van der Waals surface area contributed by atoms with Crippen LogP contribution in [0.5, 0.6) is 0 Å². The summed E-state index contributed by atoms with van der Waals surface area (Å²) >= 11 is 0. The van der Waals surface area contributed by atoms with Crippen LogP contribution in [0.4, 0.5) is 27.5 Å². The van der Waals surface area contributed by atoms with Crippen LogP contribution in [0.25, 0.3) is 0 Å². The number of hydrogen-bond donors (Lipinski definition) is 5. The highest BCUT2D eigenvalue weighted by Crippen LogP contribution is 2.45. The Labute approximate surface area is 193 Å². The quantitative estimate of drug-likeness (QED) is 0.159. The first-order chi connectivity index (χ1) is 15.6. The molecule has 1 aromatic heterocycles. The second-order valence-electron chi connectivity index (χ2n) is 10.3. The molecule has 0 unspecified atom stereocenters. The van der Waals surface area contributed by atoms with Crippen molar-refractivity contribution in [3.63, 3.8) is 0 Å². The van der Waals surface area contributed by atoms with E-state index >= 15 is 0 Å². The summed E-state index contributed by atoms with van der Waals surface area (Å²) in [6.07, 6.45) is 6.03. The number of anilines is 4. The topological polar surface area (TPSA) is 125 Å². The summed E-state index contributed by atoms with van der Waals surface area (Å²) in [6.45, 7) is 8.59. The van der Waals surface area contributed by atoms with Crippen LogP contribution in [0.3, 0.4) is 0 Å². The predicted molar refractivity (Wildman–Crippen MR) is 128 cm³/mol. The van der Waals surface area contributed by atoms with Crippen molar-refractivity contribution in [2.75, 3.05) is 15.6 Å². The van der Waals surface area contributed by atoms with Crippen molar-refractivity contribution in [3.05, 3.63) is 35.8 Å². The summed E-state index contributed by atoms with van der Waals surface area (Å²) in [7, 11) is 0. The van der Waals surface area contributed by atoms with E-state index in [0.717, 1.165) is 43.8 Å². The van der Waals surface area contributed by atoms with Crippen molar-refractivity contribution >= 4 is 29.5 Å². The molecule has 2 fully saturated rings. The van der Waals surface area contributed by atoms with Gasteiger partial charge in [-0.3, -0.25) is 5.41 Å². The molecule has 9 nitrogen and oxygen atoms in total. The van der Waals surface area contributed by atoms with Gasteiger partial charge in [-0.2, -0.15) is 10.5 Å². The van der Waals surface area contributed by atoms with Crippen molar-refractivity contribution in [2.45, 2.75) is 76.4 Å². The lowest BCUT2D eigenvalue weighted by Gasteiger charge is -2.46. The summed E-state index contributed by atoms with van der Waals surface area (Å²) in [5, 5.41) is 22.2. The third-order valence-corrected chi connectivity index (χ3v) is 6.06. The molecule has 0 radical (unpaired) electrons. The molecular formula is C23H32FN9. The Hall–Kier alpha value is -3.14. The van der Waals surface area contributed by atoms with Crippen LogP contribution in [-0.2, 0) is 0 Å². The number of halogens is 1. The van der Waals surface area contributed by atoms with Gasteiger partial charge in [-0.1, -0.05) is 11.3 Å². The third kappa shape index (κ3) is 5.44. The van der Waals surface area contributed by atoms with Gasteiger partial charge in [-0.25, -0.2) is 14.4 Å². The number of nitrogens with zero attached hydrogens (tertiary/aromatic N) is 4. The molecule has 1 saturated carbocycles. The largest absolute Gasteiger partial charge is 0.365 e. The van der Waals surface area contributed by atoms with Crippen molar-refractivity contribution in [2.24, 2.45) is 5.22 Å². The summed E-state index contributed by atoms with van der Waals surface area (Å²) in [5.74, 6) is 0.362. The standard InChI is InChI=1S/C23H32FN9/c1-22(2)10-16(11-23(3,4)31-22)28-20-18(24)12-27-21(30-20)29-15-7-8-17(14-5-6-14)19(9-15)33(13-25)32-26/h7-9,12-14,16,25-26,31H,5-6,10-11H2,1-4H3,(H2,27,28,29,30). The summed E-state index contributed by atoms with van der Waals surface area (Å²) in [5.41, 5.74) is 9.63. The first kappa shape index (κ1) is 23.0. The van der Waals surface area contributed by atoms with E-state index in [0.29, 0.717) is 17.3 Å². The molecule has 0 atom stereocenters. The first-order valence-electron chi connectivity index (χ1n) is 11.3. The van der Waals surface area contributed by atoms with Crippen LogP contribution in [0.15, 0.2) is 29.6 Å². The SMILES string of the molecule is CC1(C)CC(Nc2nc(Nc3ccc(C4CC4)c(N(C=N)N=N)c3)ncc2F)CC(C)(C)N1. The highest BCUT2D eigenvalue weighted by molar-refractivity contribution is 5.80. The van der Waals surface area contributed by atoms with E-state index in [4.69, 9.17) is 10.9 Å². The second-order valence-corrected chi connectivity index (χ2v) is 10.3. The summed E-state index contributed by atoms with van der Waals surface area (Å²) in [4.78, 5) is 8.49. The Morgan fingerprint density at radius 2 is 1.91 bits per heavy atom. The van der Waals surface area contributed by atoms with E-state index in [1.807, 2.05) is 18.2 Å². The minimum absolute atomic E-state index is 0.0674. The Kier molecular flexibility index (Phi) is 6.04. The van der Waals surface area contributed by atoms with Crippen molar-refractivity contribution in [3.8, 4) is 0 Å². The Morgan fingerprint density at radius 3 is 2.52 bits per heavy atom. The average molecular weight is 454 g/mol. The zero-order valence-corrected chi connectivity index (χ0v) is 19.5. The lowest BCUT2D eigenvalue weighted by molar-refractivity contribution is 0.170. The van der Waals surface area contributed by atoms with Crippen molar-refractivity contribution < 1.29 is 4.39 Å². The molecule has 1 aliphatic carbocycles.